The summed E-state index contributed by atoms with van der Waals surface area (Å²) < 4.78 is 24.5. The minimum Gasteiger partial charge on any atom is -0.465 e. The van der Waals surface area contributed by atoms with Crippen LogP contribution in [0.15, 0.2) is 97.3 Å². The van der Waals surface area contributed by atoms with Crippen LogP contribution in [0, 0.1) is 20.8 Å². The van der Waals surface area contributed by atoms with Gasteiger partial charge in [-0.15, -0.1) is 0 Å². The van der Waals surface area contributed by atoms with Gasteiger partial charge in [0.05, 0.1) is 69.8 Å². The maximum atomic E-state index is 11.9. The second-order valence-corrected chi connectivity index (χ2v) is 21.2. The summed E-state index contributed by atoms with van der Waals surface area (Å²) in [6.07, 6.45) is 12.1. The lowest BCUT2D eigenvalue weighted by Crippen LogP contribution is -2.47. The number of methoxy groups -OCH3 is 5. The van der Waals surface area contributed by atoms with E-state index < -0.39 is 11.9 Å². The van der Waals surface area contributed by atoms with Gasteiger partial charge in [-0.3, -0.25) is 9.80 Å². The zero-order valence-electron chi connectivity index (χ0n) is 52.2. The van der Waals surface area contributed by atoms with Crippen LogP contribution in [0.5, 0.6) is 0 Å². The number of anilines is 7. The fourth-order valence-electron chi connectivity index (χ4n) is 9.20. The molecule has 28 heteroatoms. The molecule has 0 spiro atoms. The van der Waals surface area contributed by atoms with Gasteiger partial charge in [0.2, 0.25) is 5.95 Å². The molecule has 11 rings (SSSR count). The first-order valence-corrected chi connectivity index (χ1v) is 30.2. The van der Waals surface area contributed by atoms with E-state index in [-0.39, 0.29) is 5.97 Å². The number of carbonyl (C=O) groups excluding carboxylic acids is 3. The van der Waals surface area contributed by atoms with Crippen molar-refractivity contribution < 1.29 is 38.1 Å². The SMILES string of the molecule is CCc1ncc2ncnc(Nc3cc(C(=O)OC)ccc3C)c2n1.COC(=O)c1ccc(C)c(Nc2ncnc3cnc(SC)nc23)c1.COCCN1CCN(c2ncc3ncnc(Nc4cc(C(=O)OC)ccc4C)c3n2)CC1.COCCN1CCNCC1. The van der Waals surface area contributed by atoms with Crippen molar-refractivity contribution >= 4 is 103 Å². The second-order valence-electron chi connectivity index (χ2n) is 20.4. The monoisotopic (exact) mass is 1250 g/mol. The first-order chi connectivity index (χ1) is 43.8. The molecule has 27 nitrogen and oxygen atoms in total. The van der Waals surface area contributed by atoms with Crippen LogP contribution in [-0.2, 0) is 30.1 Å². The number of nitrogens with one attached hydrogen (secondary N) is 4. The maximum absolute atomic E-state index is 11.9. The molecule has 2 fully saturated rings. The highest BCUT2D eigenvalue weighted by Gasteiger charge is 2.21. The summed E-state index contributed by atoms with van der Waals surface area (Å²) in [7, 11) is 7.55. The highest BCUT2D eigenvalue weighted by Crippen LogP contribution is 2.29. The average Bonchev–Trinajstić information content (AvgIpc) is 1.42. The topological polar surface area (TPSA) is 310 Å². The van der Waals surface area contributed by atoms with Crippen LogP contribution in [0.25, 0.3) is 33.1 Å². The standard InChI is InChI=1S/C22H27N7O3.C17H17N5O2.C16H15N5O2S.C7H16N2O/c1-15-4-5-16(21(30)32-3)12-17(15)26-20-19-18(24-14-25-20)13-23-22(27-19)29-8-6-28(7-9-29)10-11-31-2;1-4-14-18-8-13-15(22-14)16(20-9-19-13)21-12-7-11(17(23)24-3)6-5-10(12)2;1-9-4-5-10(15(22)23-2)6-11(9)20-14-13-12(18-8-19-14)7-17-16(21-13)24-3;1-10-7-6-9-4-2-8-3-5-9/h4-5,12-14H,6-11H2,1-3H3,(H,24,25,26);5-9H,4H2,1-3H3,(H,19,20,21);4-8H,1-3H3,(H,18,19,20);8H,2-7H2,1H3. The van der Waals surface area contributed by atoms with E-state index in [9.17, 15) is 14.4 Å². The number of piperazine rings is 2. The minimum absolute atomic E-state index is 0.388. The first kappa shape index (κ1) is 66.6. The summed E-state index contributed by atoms with van der Waals surface area (Å²) in [6, 6.07) is 15.9. The van der Waals surface area contributed by atoms with Gasteiger partial charge in [-0.1, -0.05) is 36.9 Å². The third kappa shape index (κ3) is 17.9. The molecule has 2 aliphatic rings. The fourth-order valence-corrected chi connectivity index (χ4v) is 9.54. The van der Waals surface area contributed by atoms with Gasteiger partial charge in [0.15, 0.2) is 22.6 Å². The molecular weight excluding hydrogens is 1170 g/mol. The summed E-state index contributed by atoms with van der Waals surface area (Å²) >= 11 is 1.44. The number of esters is 3. The number of thioether (sulfide) groups is 1. The van der Waals surface area contributed by atoms with Crippen LogP contribution in [0.3, 0.4) is 0 Å². The lowest BCUT2D eigenvalue weighted by molar-refractivity contribution is 0.0592. The predicted octanol–water partition coefficient (Wildman–Crippen LogP) is 7.37. The molecule has 2 saturated heterocycles. The zero-order valence-corrected chi connectivity index (χ0v) is 53.1. The zero-order chi connectivity index (χ0) is 63.9. The van der Waals surface area contributed by atoms with Crippen molar-refractivity contribution in [2.45, 2.75) is 39.3 Å². The molecule has 2 aliphatic heterocycles. The molecule has 8 heterocycles. The number of carbonyl (C=O) groups is 3. The fraction of sp³-hybridized carbons (Fsp3) is 0.371. The van der Waals surface area contributed by atoms with Gasteiger partial charge in [0, 0.05) is 103 Å². The van der Waals surface area contributed by atoms with Gasteiger partial charge in [-0.2, -0.15) is 0 Å². The van der Waals surface area contributed by atoms with E-state index in [2.05, 4.69) is 90.8 Å². The molecule has 0 atom stereocenters. The predicted molar refractivity (Wildman–Crippen MR) is 346 cm³/mol. The van der Waals surface area contributed by atoms with E-state index in [1.165, 1.54) is 65.2 Å². The second kappa shape index (κ2) is 33.3. The van der Waals surface area contributed by atoms with Gasteiger partial charge in [0.1, 0.15) is 57.9 Å². The highest BCUT2D eigenvalue weighted by atomic mass is 32.2. The molecule has 0 aliphatic carbocycles. The number of aromatic nitrogens is 12. The summed E-state index contributed by atoms with van der Waals surface area (Å²) in [6.45, 7) is 19.6. The molecular formula is C62H75N19O8S. The van der Waals surface area contributed by atoms with Gasteiger partial charge >= 0.3 is 17.9 Å². The van der Waals surface area contributed by atoms with E-state index in [0.29, 0.717) is 78.3 Å². The third-order valence-corrected chi connectivity index (χ3v) is 15.0. The number of benzene rings is 3. The number of nitrogens with zero attached hydrogens (tertiary/aromatic N) is 15. The lowest BCUT2D eigenvalue weighted by Gasteiger charge is -2.34. The van der Waals surface area contributed by atoms with Gasteiger partial charge in [-0.05, 0) is 80.1 Å². The molecule has 0 saturated carbocycles. The van der Waals surface area contributed by atoms with Crippen LogP contribution in [0.4, 0.5) is 40.5 Å². The molecule has 0 amide bonds. The Labute approximate surface area is 526 Å². The summed E-state index contributed by atoms with van der Waals surface area (Å²) in [5.41, 5.74) is 10.4. The largest absolute Gasteiger partial charge is 0.465 e. The van der Waals surface area contributed by atoms with E-state index >= 15 is 0 Å². The Bertz CT molecular complexity index is 3740. The Morgan fingerprint density at radius 1 is 0.511 bits per heavy atom. The summed E-state index contributed by atoms with van der Waals surface area (Å²) in [5.74, 6) is 1.89. The summed E-state index contributed by atoms with van der Waals surface area (Å²) in [5, 5.41) is 13.7. The first-order valence-electron chi connectivity index (χ1n) is 29.0. The number of aryl methyl sites for hydroxylation is 4. The normalized spacial score (nSPS) is 13.2. The van der Waals surface area contributed by atoms with Crippen LogP contribution >= 0.6 is 11.8 Å². The van der Waals surface area contributed by atoms with E-state index in [4.69, 9.17) is 28.7 Å². The number of rotatable bonds is 18. The summed E-state index contributed by atoms with van der Waals surface area (Å²) in [4.78, 5) is 94.7. The van der Waals surface area contributed by atoms with Crippen LogP contribution in [0.1, 0.15) is 60.5 Å². The Balaban J connectivity index is 0.000000163. The van der Waals surface area contributed by atoms with Crippen molar-refractivity contribution in [3.05, 3.63) is 131 Å². The molecule has 0 unspecified atom stereocenters. The van der Waals surface area contributed by atoms with Crippen molar-refractivity contribution in [2.24, 2.45) is 0 Å². The van der Waals surface area contributed by atoms with Crippen LogP contribution < -0.4 is 26.2 Å². The molecule has 90 heavy (non-hydrogen) atoms. The Morgan fingerprint density at radius 2 is 0.922 bits per heavy atom. The van der Waals surface area contributed by atoms with Crippen molar-refractivity contribution in [1.29, 1.82) is 0 Å². The van der Waals surface area contributed by atoms with E-state index in [0.717, 1.165) is 112 Å². The number of ether oxygens (including phenoxy) is 5. The minimum atomic E-state index is -0.394. The number of fused-ring (bicyclic) bond motifs is 3. The third-order valence-electron chi connectivity index (χ3n) is 14.5. The molecule has 0 bridgehead atoms. The van der Waals surface area contributed by atoms with Crippen LogP contribution in [0.2, 0.25) is 0 Å². The molecule has 9 aromatic rings. The molecule has 472 valence electrons. The van der Waals surface area contributed by atoms with Crippen molar-refractivity contribution in [3.8, 4) is 0 Å². The van der Waals surface area contributed by atoms with Crippen molar-refractivity contribution in [1.82, 2.24) is 74.9 Å². The Hall–Kier alpha value is -9.32. The van der Waals surface area contributed by atoms with Crippen molar-refractivity contribution in [3.63, 3.8) is 0 Å². The Morgan fingerprint density at radius 3 is 1.34 bits per heavy atom. The molecule has 4 N–H and O–H groups in total. The van der Waals surface area contributed by atoms with E-state index in [1.54, 1.807) is 69.2 Å². The number of hydrogen-bond donors (Lipinski definition) is 4. The molecule has 0 radical (unpaired) electrons. The van der Waals surface area contributed by atoms with Gasteiger partial charge in [-0.25, -0.2) is 74.2 Å². The number of hydrogen-bond acceptors (Lipinski definition) is 28. The van der Waals surface area contributed by atoms with Gasteiger partial charge < -0.3 is 49.9 Å². The maximum Gasteiger partial charge on any atom is 0.337 e. The lowest BCUT2D eigenvalue weighted by atomic mass is 10.1. The smallest absolute Gasteiger partial charge is 0.337 e. The average molecular weight is 1250 g/mol. The van der Waals surface area contributed by atoms with E-state index in [1.807, 2.05) is 52.1 Å². The quantitative estimate of drug-likeness (QED) is 0.0282. The van der Waals surface area contributed by atoms with Crippen molar-refractivity contribution in [2.75, 3.05) is 141 Å². The highest BCUT2D eigenvalue weighted by molar-refractivity contribution is 7.98. The van der Waals surface area contributed by atoms with Crippen LogP contribution in [-0.4, -0.2) is 208 Å². The van der Waals surface area contributed by atoms with Gasteiger partial charge in [0.25, 0.3) is 0 Å². The molecule has 3 aromatic carbocycles. The molecule has 6 aromatic heterocycles. The Kier molecular flexibility index (Phi) is 24.7.